The van der Waals surface area contributed by atoms with Gasteiger partial charge in [0, 0.05) is 5.38 Å². The highest BCUT2D eigenvalue weighted by Gasteiger charge is 2.25. The second-order valence-electron chi connectivity index (χ2n) is 3.06. The molecule has 1 atom stereocenters. The molecule has 0 saturated carbocycles. The standard InChI is InChI=1S/C8H9NO2S/c10-8(11)5-1-2-7-6(3-5)4-12-9-7/h4-5H,1-3H2,(H,10,11). The van der Waals surface area contributed by atoms with Crippen LogP contribution in [-0.4, -0.2) is 15.4 Å². The SMILES string of the molecule is O=C(O)C1CCc2nscc2C1. The van der Waals surface area contributed by atoms with E-state index in [0.29, 0.717) is 6.42 Å². The fourth-order valence-corrected chi connectivity index (χ4v) is 2.29. The zero-order chi connectivity index (χ0) is 8.55. The van der Waals surface area contributed by atoms with Crippen molar-refractivity contribution in [2.75, 3.05) is 0 Å². The van der Waals surface area contributed by atoms with Crippen LogP contribution < -0.4 is 0 Å². The Kier molecular flexibility index (Phi) is 1.84. The summed E-state index contributed by atoms with van der Waals surface area (Å²) in [4.78, 5) is 10.7. The molecule has 1 aromatic heterocycles. The number of carboxylic acid groups (broad SMARTS) is 1. The van der Waals surface area contributed by atoms with Crippen molar-refractivity contribution >= 4 is 17.5 Å². The van der Waals surface area contributed by atoms with E-state index in [1.54, 1.807) is 0 Å². The van der Waals surface area contributed by atoms with E-state index in [4.69, 9.17) is 5.11 Å². The van der Waals surface area contributed by atoms with Gasteiger partial charge in [-0.15, -0.1) is 0 Å². The van der Waals surface area contributed by atoms with Crippen LogP contribution in [0.25, 0.3) is 0 Å². The predicted octanol–water partition coefficient (Wildman–Crippen LogP) is 1.33. The summed E-state index contributed by atoms with van der Waals surface area (Å²) in [6, 6.07) is 0. The van der Waals surface area contributed by atoms with Crippen LogP contribution in [0.4, 0.5) is 0 Å². The van der Waals surface area contributed by atoms with Crippen molar-refractivity contribution in [3.8, 4) is 0 Å². The summed E-state index contributed by atoms with van der Waals surface area (Å²) in [6.45, 7) is 0. The maximum Gasteiger partial charge on any atom is 0.306 e. The molecule has 1 unspecified atom stereocenters. The van der Waals surface area contributed by atoms with Crippen LogP contribution in [0.15, 0.2) is 5.38 Å². The molecule has 1 aliphatic carbocycles. The summed E-state index contributed by atoms with van der Waals surface area (Å²) in [6.07, 6.45) is 2.24. The van der Waals surface area contributed by atoms with E-state index in [-0.39, 0.29) is 5.92 Å². The molecule has 12 heavy (non-hydrogen) atoms. The van der Waals surface area contributed by atoms with E-state index in [1.807, 2.05) is 5.38 Å². The van der Waals surface area contributed by atoms with Crippen LogP contribution >= 0.6 is 11.5 Å². The Morgan fingerprint density at radius 3 is 3.33 bits per heavy atom. The predicted molar refractivity (Wildman–Crippen MR) is 45.3 cm³/mol. The number of aryl methyl sites for hydroxylation is 1. The van der Waals surface area contributed by atoms with Gasteiger partial charge in [0.1, 0.15) is 0 Å². The number of hydrogen-bond acceptors (Lipinski definition) is 3. The number of hydrogen-bond donors (Lipinski definition) is 1. The van der Waals surface area contributed by atoms with E-state index in [9.17, 15) is 4.79 Å². The normalized spacial score (nSPS) is 21.8. The maximum atomic E-state index is 10.7. The first-order chi connectivity index (χ1) is 5.77. The fraction of sp³-hybridized carbons (Fsp3) is 0.500. The molecule has 1 aromatic rings. The van der Waals surface area contributed by atoms with Gasteiger partial charge in [0.2, 0.25) is 0 Å². The van der Waals surface area contributed by atoms with Crippen molar-refractivity contribution in [3.05, 3.63) is 16.6 Å². The maximum absolute atomic E-state index is 10.7. The number of carbonyl (C=O) groups is 1. The van der Waals surface area contributed by atoms with Gasteiger partial charge in [0.15, 0.2) is 0 Å². The van der Waals surface area contributed by atoms with E-state index in [2.05, 4.69) is 4.37 Å². The van der Waals surface area contributed by atoms with Crippen molar-refractivity contribution in [2.45, 2.75) is 19.3 Å². The van der Waals surface area contributed by atoms with Crippen LogP contribution in [0, 0.1) is 5.92 Å². The van der Waals surface area contributed by atoms with Gasteiger partial charge in [-0.1, -0.05) is 0 Å². The lowest BCUT2D eigenvalue weighted by molar-refractivity contribution is -0.142. The van der Waals surface area contributed by atoms with Gasteiger partial charge in [-0.25, -0.2) is 0 Å². The van der Waals surface area contributed by atoms with E-state index in [1.165, 1.54) is 11.5 Å². The van der Waals surface area contributed by atoms with Gasteiger partial charge in [-0.3, -0.25) is 4.79 Å². The van der Waals surface area contributed by atoms with E-state index in [0.717, 1.165) is 24.1 Å². The van der Waals surface area contributed by atoms with Crippen molar-refractivity contribution in [2.24, 2.45) is 5.92 Å². The molecule has 0 amide bonds. The lowest BCUT2D eigenvalue weighted by Gasteiger charge is -2.16. The molecule has 0 bridgehead atoms. The average molecular weight is 183 g/mol. The van der Waals surface area contributed by atoms with Crippen molar-refractivity contribution in [3.63, 3.8) is 0 Å². The molecule has 1 N–H and O–H groups in total. The number of aromatic nitrogens is 1. The summed E-state index contributed by atoms with van der Waals surface area (Å²) in [5, 5.41) is 10.7. The number of carboxylic acids is 1. The van der Waals surface area contributed by atoms with Gasteiger partial charge in [0.25, 0.3) is 0 Å². The number of fused-ring (bicyclic) bond motifs is 1. The van der Waals surface area contributed by atoms with Crippen molar-refractivity contribution < 1.29 is 9.90 Å². The van der Waals surface area contributed by atoms with Gasteiger partial charge in [-0.2, -0.15) is 4.37 Å². The smallest absolute Gasteiger partial charge is 0.306 e. The first-order valence-corrected chi connectivity index (χ1v) is 4.76. The third-order valence-electron chi connectivity index (χ3n) is 2.27. The minimum Gasteiger partial charge on any atom is -0.481 e. The van der Waals surface area contributed by atoms with Crippen LogP contribution in [0.2, 0.25) is 0 Å². The average Bonchev–Trinajstić information content (AvgIpc) is 2.49. The second kappa shape index (κ2) is 2.86. The zero-order valence-corrected chi connectivity index (χ0v) is 7.30. The van der Waals surface area contributed by atoms with Crippen LogP contribution in [0.1, 0.15) is 17.7 Å². The first kappa shape index (κ1) is 7.73. The molecule has 0 radical (unpaired) electrons. The van der Waals surface area contributed by atoms with Gasteiger partial charge in [-0.05, 0) is 36.4 Å². The highest BCUT2D eigenvalue weighted by atomic mass is 32.1. The Balaban J connectivity index is 2.20. The molecular formula is C8H9NO2S. The molecule has 1 aliphatic rings. The monoisotopic (exact) mass is 183 g/mol. The van der Waals surface area contributed by atoms with Crippen LogP contribution in [0.5, 0.6) is 0 Å². The summed E-state index contributed by atoms with van der Waals surface area (Å²) < 4.78 is 4.20. The topological polar surface area (TPSA) is 50.2 Å². The molecule has 1 heterocycles. The second-order valence-corrected chi connectivity index (χ2v) is 3.69. The van der Waals surface area contributed by atoms with Gasteiger partial charge in [0.05, 0.1) is 11.6 Å². The number of aliphatic carboxylic acids is 1. The Labute approximate surface area is 74.2 Å². The molecule has 3 nitrogen and oxygen atoms in total. The molecule has 2 rings (SSSR count). The molecule has 0 aromatic carbocycles. The van der Waals surface area contributed by atoms with Crippen molar-refractivity contribution in [1.29, 1.82) is 0 Å². The fourth-order valence-electron chi connectivity index (χ4n) is 1.54. The summed E-state index contributed by atoms with van der Waals surface area (Å²) >= 11 is 1.43. The number of rotatable bonds is 1. The summed E-state index contributed by atoms with van der Waals surface area (Å²) in [5.41, 5.74) is 2.25. The Hall–Kier alpha value is -0.900. The van der Waals surface area contributed by atoms with Crippen LogP contribution in [-0.2, 0) is 17.6 Å². The summed E-state index contributed by atoms with van der Waals surface area (Å²) in [5.74, 6) is -0.860. The number of nitrogens with zero attached hydrogens (tertiary/aromatic N) is 1. The largest absolute Gasteiger partial charge is 0.481 e. The van der Waals surface area contributed by atoms with E-state index < -0.39 is 5.97 Å². The molecule has 0 saturated heterocycles. The Bertz CT molecular complexity index is 308. The Morgan fingerprint density at radius 2 is 2.58 bits per heavy atom. The molecule has 4 heteroatoms. The van der Waals surface area contributed by atoms with Crippen molar-refractivity contribution in [1.82, 2.24) is 4.37 Å². The third-order valence-corrected chi connectivity index (χ3v) is 2.99. The minimum absolute atomic E-state index is 0.186. The van der Waals surface area contributed by atoms with Gasteiger partial charge >= 0.3 is 5.97 Å². The quantitative estimate of drug-likeness (QED) is 0.714. The van der Waals surface area contributed by atoms with Gasteiger partial charge < -0.3 is 5.11 Å². The molecular weight excluding hydrogens is 174 g/mol. The molecule has 64 valence electrons. The first-order valence-electron chi connectivity index (χ1n) is 3.92. The molecule has 0 aliphatic heterocycles. The highest BCUT2D eigenvalue weighted by molar-refractivity contribution is 7.03. The minimum atomic E-state index is -0.674. The van der Waals surface area contributed by atoms with Crippen LogP contribution in [0.3, 0.4) is 0 Å². The lowest BCUT2D eigenvalue weighted by Crippen LogP contribution is -2.21. The molecule has 0 spiro atoms. The Morgan fingerprint density at radius 1 is 1.75 bits per heavy atom. The zero-order valence-electron chi connectivity index (χ0n) is 6.49. The highest BCUT2D eigenvalue weighted by Crippen LogP contribution is 2.25. The molecule has 0 fully saturated rings. The lowest BCUT2D eigenvalue weighted by atomic mass is 9.88. The summed E-state index contributed by atoms with van der Waals surface area (Å²) in [7, 11) is 0. The van der Waals surface area contributed by atoms with E-state index >= 15 is 0 Å². The third kappa shape index (κ3) is 1.22.